The fourth-order valence-corrected chi connectivity index (χ4v) is 2.39. The quantitative estimate of drug-likeness (QED) is 0.244. The number of ether oxygens (including phenoxy) is 1. The van der Waals surface area contributed by atoms with Crippen molar-refractivity contribution in [2.75, 3.05) is 20.2 Å². The van der Waals surface area contributed by atoms with Crippen LogP contribution in [0.15, 0.2) is 29.3 Å². The molecular formula is C15H23IN4O3. The molecule has 1 saturated heterocycles. The van der Waals surface area contributed by atoms with E-state index in [4.69, 9.17) is 4.74 Å². The van der Waals surface area contributed by atoms with Gasteiger partial charge < -0.3 is 15.4 Å². The smallest absolute Gasteiger partial charge is 0.269 e. The van der Waals surface area contributed by atoms with Crippen LogP contribution in [0.2, 0.25) is 0 Å². The fraction of sp³-hybridized carbons (Fsp3) is 0.533. The zero-order chi connectivity index (χ0) is 16.0. The Balaban J connectivity index is 0.00000264. The molecule has 2 rings (SSSR count). The van der Waals surface area contributed by atoms with Crippen molar-refractivity contribution in [3.63, 3.8) is 0 Å². The first kappa shape index (κ1) is 19.6. The minimum absolute atomic E-state index is 0. The van der Waals surface area contributed by atoms with Crippen molar-refractivity contribution < 1.29 is 9.66 Å². The Hall–Kier alpha value is -1.42. The first-order chi connectivity index (χ1) is 10.5. The van der Waals surface area contributed by atoms with Crippen molar-refractivity contribution >= 4 is 35.6 Å². The molecule has 1 atom stereocenters. The summed E-state index contributed by atoms with van der Waals surface area (Å²) in [6, 6.07) is 6.47. The van der Waals surface area contributed by atoms with E-state index < -0.39 is 4.92 Å². The van der Waals surface area contributed by atoms with Crippen LogP contribution >= 0.6 is 24.0 Å². The molecule has 1 heterocycles. The third-order valence-electron chi connectivity index (χ3n) is 3.76. The number of nitro benzene ring substituents is 1. The second-order valence-electron chi connectivity index (χ2n) is 5.60. The van der Waals surface area contributed by atoms with E-state index in [1.807, 2.05) is 0 Å². The molecule has 1 aliphatic heterocycles. The van der Waals surface area contributed by atoms with E-state index in [1.165, 1.54) is 12.1 Å². The summed E-state index contributed by atoms with van der Waals surface area (Å²) in [5.74, 6) is 0.690. The lowest BCUT2D eigenvalue weighted by Crippen LogP contribution is -2.45. The molecule has 1 aromatic rings. The van der Waals surface area contributed by atoms with Gasteiger partial charge in [-0.2, -0.15) is 0 Å². The van der Waals surface area contributed by atoms with E-state index in [9.17, 15) is 10.1 Å². The molecule has 1 aliphatic rings. The van der Waals surface area contributed by atoms with Crippen molar-refractivity contribution in [3.8, 4) is 0 Å². The molecule has 2 N–H and O–H groups in total. The molecule has 7 nitrogen and oxygen atoms in total. The number of non-ortho nitro benzene ring substituents is 1. The zero-order valence-electron chi connectivity index (χ0n) is 13.4. The van der Waals surface area contributed by atoms with Crippen LogP contribution in [-0.4, -0.2) is 36.7 Å². The largest absolute Gasteiger partial charge is 0.373 e. The van der Waals surface area contributed by atoms with Crippen LogP contribution in [0.4, 0.5) is 5.69 Å². The normalized spacial score (nSPS) is 20.7. The third-order valence-corrected chi connectivity index (χ3v) is 3.76. The highest BCUT2D eigenvalue weighted by molar-refractivity contribution is 14.0. The Labute approximate surface area is 153 Å². The lowest BCUT2D eigenvalue weighted by atomic mass is 10.0. The first-order valence-electron chi connectivity index (χ1n) is 7.34. The van der Waals surface area contributed by atoms with E-state index >= 15 is 0 Å². The van der Waals surface area contributed by atoms with Crippen LogP contribution in [-0.2, 0) is 11.3 Å². The van der Waals surface area contributed by atoms with E-state index in [1.54, 1.807) is 19.2 Å². The number of hydrogen-bond donors (Lipinski definition) is 2. The van der Waals surface area contributed by atoms with Gasteiger partial charge in [0.25, 0.3) is 5.69 Å². The molecule has 1 unspecified atom stereocenters. The lowest BCUT2D eigenvalue weighted by molar-refractivity contribution is -0.384. The highest BCUT2D eigenvalue weighted by Gasteiger charge is 2.29. The van der Waals surface area contributed by atoms with E-state index in [0.29, 0.717) is 19.0 Å². The summed E-state index contributed by atoms with van der Waals surface area (Å²) in [5.41, 5.74) is 0.916. The topological polar surface area (TPSA) is 88.8 Å². The van der Waals surface area contributed by atoms with Gasteiger partial charge in [0, 0.05) is 38.9 Å². The van der Waals surface area contributed by atoms with Crippen LogP contribution in [0.1, 0.15) is 25.3 Å². The Morgan fingerprint density at radius 2 is 2.09 bits per heavy atom. The number of nitro groups is 1. The number of aliphatic imine (C=N–C) groups is 1. The summed E-state index contributed by atoms with van der Waals surface area (Å²) in [6.07, 6.45) is 2.13. The standard InChI is InChI=1S/C15H22N4O3.HI/c1-15(8-3-9-22-15)11-18-14(16-2)17-10-12-4-6-13(7-5-12)19(20)21;/h4-7H,3,8-11H2,1-2H3,(H2,16,17,18);1H. The van der Waals surface area contributed by atoms with Crippen LogP contribution in [0.3, 0.4) is 0 Å². The third kappa shape index (κ3) is 5.94. The van der Waals surface area contributed by atoms with Gasteiger partial charge in [-0.15, -0.1) is 24.0 Å². The number of hydrogen-bond acceptors (Lipinski definition) is 4. The van der Waals surface area contributed by atoms with Crippen LogP contribution < -0.4 is 10.6 Å². The van der Waals surface area contributed by atoms with E-state index in [0.717, 1.165) is 25.0 Å². The second-order valence-corrected chi connectivity index (χ2v) is 5.60. The zero-order valence-corrected chi connectivity index (χ0v) is 15.7. The molecule has 1 aromatic carbocycles. The second kappa shape index (κ2) is 9.02. The monoisotopic (exact) mass is 434 g/mol. The average Bonchev–Trinajstić information content (AvgIpc) is 2.95. The van der Waals surface area contributed by atoms with Gasteiger partial charge in [0.05, 0.1) is 10.5 Å². The molecule has 0 radical (unpaired) electrons. The summed E-state index contributed by atoms with van der Waals surface area (Å²) in [6.45, 7) is 4.16. The minimum atomic E-state index is -0.403. The lowest BCUT2D eigenvalue weighted by Gasteiger charge is -2.24. The minimum Gasteiger partial charge on any atom is -0.373 e. The molecule has 23 heavy (non-hydrogen) atoms. The van der Waals surface area contributed by atoms with Crippen molar-refractivity contribution in [1.82, 2.24) is 10.6 Å². The van der Waals surface area contributed by atoms with Crippen molar-refractivity contribution in [2.45, 2.75) is 31.9 Å². The number of nitrogens with one attached hydrogen (secondary N) is 2. The Morgan fingerprint density at radius 1 is 1.39 bits per heavy atom. The number of halogens is 1. The highest BCUT2D eigenvalue weighted by Crippen LogP contribution is 2.23. The van der Waals surface area contributed by atoms with Crippen LogP contribution in [0.25, 0.3) is 0 Å². The summed E-state index contributed by atoms with van der Waals surface area (Å²) < 4.78 is 5.72. The number of nitrogens with zero attached hydrogens (tertiary/aromatic N) is 2. The number of rotatable bonds is 5. The van der Waals surface area contributed by atoms with Gasteiger partial charge in [0.2, 0.25) is 0 Å². The maximum atomic E-state index is 10.6. The van der Waals surface area contributed by atoms with Crippen LogP contribution in [0, 0.1) is 10.1 Å². The van der Waals surface area contributed by atoms with Crippen molar-refractivity contribution in [3.05, 3.63) is 39.9 Å². The molecule has 8 heteroatoms. The maximum Gasteiger partial charge on any atom is 0.269 e. The summed E-state index contributed by atoms with van der Waals surface area (Å²) in [4.78, 5) is 14.4. The molecule has 128 valence electrons. The fourth-order valence-electron chi connectivity index (χ4n) is 2.39. The van der Waals surface area contributed by atoms with Gasteiger partial charge in [0.15, 0.2) is 5.96 Å². The van der Waals surface area contributed by atoms with Crippen molar-refractivity contribution in [2.24, 2.45) is 4.99 Å². The molecular weight excluding hydrogens is 411 g/mol. The maximum absolute atomic E-state index is 10.6. The summed E-state index contributed by atoms with van der Waals surface area (Å²) in [7, 11) is 1.71. The van der Waals surface area contributed by atoms with E-state index in [2.05, 4.69) is 22.5 Å². The molecule has 0 amide bonds. The summed E-state index contributed by atoms with van der Waals surface area (Å²) >= 11 is 0. The van der Waals surface area contributed by atoms with Crippen molar-refractivity contribution in [1.29, 1.82) is 0 Å². The number of benzene rings is 1. The Bertz CT molecular complexity index is 542. The van der Waals surface area contributed by atoms with Gasteiger partial charge in [-0.05, 0) is 25.3 Å². The molecule has 1 fully saturated rings. The summed E-state index contributed by atoms with van der Waals surface area (Å²) in [5, 5.41) is 17.1. The molecule has 0 aromatic heterocycles. The molecule has 0 spiro atoms. The Kier molecular flexibility index (Phi) is 7.69. The molecule has 0 aliphatic carbocycles. The highest BCUT2D eigenvalue weighted by atomic mass is 127. The van der Waals surface area contributed by atoms with Gasteiger partial charge in [-0.1, -0.05) is 12.1 Å². The predicted molar refractivity (Wildman–Crippen MR) is 100 cm³/mol. The van der Waals surface area contributed by atoms with Gasteiger partial charge in [-0.25, -0.2) is 0 Å². The molecule has 0 bridgehead atoms. The average molecular weight is 434 g/mol. The predicted octanol–water partition coefficient (Wildman–Crippen LogP) is 2.45. The SMILES string of the molecule is CN=C(NCc1ccc([N+](=O)[O-])cc1)NCC1(C)CCCO1.I. The van der Waals surface area contributed by atoms with E-state index in [-0.39, 0.29) is 35.3 Å². The first-order valence-corrected chi connectivity index (χ1v) is 7.34. The van der Waals surface area contributed by atoms with Gasteiger partial charge in [0.1, 0.15) is 0 Å². The van der Waals surface area contributed by atoms with Gasteiger partial charge >= 0.3 is 0 Å². The molecule has 0 saturated carbocycles. The Morgan fingerprint density at radius 3 is 2.61 bits per heavy atom. The van der Waals surface area contributed by atoms with Gasteiger partial charge in [-0.3, -0.25) is 15.1 Å². The van der Waals surface area contributed by atoms with Crippen LogP contribution in [0.5, 0.6) is 0 Å². The number of guanidine groups is 1.